The second kappa shape index (κ2) is 8.50. The van der Waals surface area contributed by atoms with Gasteiger partial charge in [-0.1, -0.05) is 33.6 Å². The van der Waals surface area contributed by atoms with Gasteiger partial charge in [-0.3, -0.25) is 0 Å². The second-order valence-electron chi connectivity index (χ2n) is 7.15. The van der Waals surface area contributed by atoms with Crippen LogP contribution in [0, 0.1) is 11.3 Å². The van der Waals surface area contributed by atoms with Crippen LogP contribution < -0.4 is 5.32 Å². The smallest absolute Gasteiger partial charge is 0.407 e. The standard InChI is InChI=1S/C16H33NO3/c1-7-16(12-18,10-8-9-13(2)3)11-17-14(19)20-15(4,5)6/h13,18H,7-12H2,1-6H3,(H,17,19). The van der Waals surface area contributed by atoms with E-state index in [1.807, 2.05) is 20.8 Å². The molecule has 0 saturated carbocycles. The lowest BCUT2D eigenvalue weighted by atomic mass is 9.80. The number of carbonyl (C=O) groups is 1. The van der Waals surface area contributed by atoms with Crippen LogP contribution in [-0.2, 0) is 4.74 Å². The maximum atomic E-state index is 11.7. The monoisotopic (exact) mass is 287 g/mol. The number of alkyl carbamates (subject to hydrolysis) is 1. The zero-order chi connectivity index (χ0) is 15.8. The van der Waals surface area contributed by atoms with Crippen molar-refractivity contribution >= 4 is 6.09 Å². The zero-order valence-electron chi connectivity index (χ0n) is 14.1. The van der Waals surface area contributed by atoms with Gasteiger partial charge in [-0.25, -0.2) is 4.79 Å². The molecule has 1 amide bonds. The van der Waals surface area contributed by atoms with E-state index in [9.17, 15) is 9.90 Å². The maximum Gasteiger partial charge on any atom is 0.407 e. The fourth-order valence-electron chi connectivity index (χ4n) is 2.10. The van der Waals surface area contributed by atoms with Crippen molar-refractivity contribution in [3.63, 3.8) is 0 Å². The van der Waals surface area contributed by atoms with Crippen molar-refractivity contribution < 1.29 is 14.6 Å². The van der Waals surface area contributed by atoms with E-state index in [4.69, 9.17) is 4.74 Å². The Kier molecular flexibility index (Phi) is 8.17. The maximum absolute atomic E-state index is 11.7. The topological polar surface area (TPSA) is 58.6 Å². The summed E-state index contributed by atoms with van der Waals surface area (Å²) in [7, 11) is 0. The SMILES string of the molecule is CCC(CO)(CCCC(C)C)CNC(=O)OC(C)(C)C. The van der Waals surface area contributed by atoms with E-state index in [2.05, 4.69) is 26.1 Å². The van der Waals surface area contributed by atoms with Crippen molar-refractivity contribution in [2.75, 3.05) is 13.2 Å². The largest absolute Gasteiger partial charge is 0.444 e. The highest BCUT2D eigenvalue weighted by Gasteiger charge is 2.28. The van der Waals surface area contributed by atoms with Crippen LogP contribution >= 0.6 is 0 Å². The molecule has 0 fully saturated rings. The molecule has 0 aromatic carbocycles. The molecular weight excluding hydrogens is 254 g/mol. The predicted octanol–water partition coefficient (Wildman–Crippen LogP) is 3.73. The van der Waals surface area contributed by atoms with Crippen LogP contribution in [-0.4, -0.2) is 30.0 Å². The van der Waals surface area contributed by atoms with Gasteiger partial charge in [-0.05, 0) is 39.5 Å². The minimum Gasteiger partial charge on any atom is -0.444 e. The minimum absolute atomic E-state index is 0.0946. The van der Waals surface area contributed by atoms with E-state index in [1.165, 1.54) is 0 Å². The molecule has 1 unspecified atom stereocenters. The highest BCUT2D eigenvalue weighted by molar-refractivity contribution is 5.67. The number of aliphatic hydroxyl groups is 1. The van der Waals surface area contributed by atoms with Crippen molar-refractivity contribution in [3.05, 3.63) is 0 Å². The summed E-state index contributed by atoms with van der Waals surface area (Å²) >= 11 is 0. The van der Waals surface area contributed by atoms with Crippen LogP contribution in [0.1, 0.15) is 67.2 Å². The van der Waals surface area contributed by atoms with Crippen molar-refractivity contribution in [1.82, 2.24) is 5.32 Å². The van der Waals surface area contributed by atoms with Crippen molar-refractivity contribution in [3.8, 4) is 0 Å². The molecule has 0 radical (unpaired) electrons. The zero-order valence-corrected chi connectivity index (χ0v) is 14.1. The van der Waals surface area contributed by atoms with Crippen LogP contribution in [0.15, 0.2) is 0 Å². The Labute approximate surface area is 124 Å². The van der Waals surface area contributed by atoms with E-state index in [0.717, 1.165) is 25.7 Å². The van der Waals surface area contributed by atoms with Crippen molar-refractivity contribution in [1.29, 1.82) is 0 Å². The number of carbonyl (C=O) groups excluding carboxylic acids is 1. The number of nitrogens with one attached hydrogen (secondary N) is 1. The van der Waals surface area contributed by atoms with E-state index in [0.29, 0.717) is 12.5 Å². The Morgan fingerprint density at radius 2 is 1.90 bits per heavy atom. The first-order chi connectivity index (χ1) is 9.14. The van der Waals surface area contributed by atoms with Gasteiger partial charge in [0.25, 0.3) is 0 Å². The molecule has 0 saturated heterocycles. The molecule has 0 rings (SSSR count). The Morgan fingerprint density at radius 3 is 2.30 bits per heavy atom. The van der Waals surface area contributed by atoms with Gasteiger partial charge < -0.3 is 15.2 Å². The Hall–Kier alpha value is -0.770. The molecule has 120 valence electrons. The van der Waals surface area contributed by atoms with Gasteiger partial charge >= 0.3 is 6.09 Å². The van der Waals surface area contributed by atoms with Crippen LogP contribution in [0.5, 0.6) is 0 Å². The fraction of sp³-hybridized carbons (Fsp3) is 0.938. The second-order valence-corrected chi connectivity index (χ2v) is 7.15. The highest BCUT2D eigenvalue weighted by atomic mass is 16.6. The molecule has 0 aliphatic carbocycles. The summed E-state index contributed by atoms with van der Waals surface area (Å²) in [6.45, 7) is 12.5. The van der Waals surface area contributed by atoms with Crippen LogP contribution in [0.3, 0.4) is 0 Å². The molecule has 0 aliphatic rings. The van der Waals surface area contributed by atoms with Crippen LogP contribution in [0.25, 0.3) is 0 Å². The number of rotatable bonds is 8. The predicted molar refractivity (Wildman–Crippen MR) is 82.7 cm³/mol. The Morgan fingerprint density at radius 1 is 1.30 bits per heavy atom. The number of hydrogen-bond donors (Lipinski definition) is 2. The first-order valence-electron chi connectivity index (χ1n) is 7.72. The molecule has 1 atom stereocenters. The third kappa shape index (κ3) is 8.41. The average molecular weight is 287 g/mol. The first-order valence-corrected chi connectivity index (χ1v) is 7.72. The Balaban J connectivity index is 4.34. The lowest BCUT2D eigenvalue weighted by molar-refractivity contribution is 0.0447. The van der Waals surface area contributed by atoms with Gasteiger partial charge in [0, 0.05) is 12.0 Å². The number of ether oxygens (including phenoxy) is 1. The van der Waals surface area contributed by atoms with Gasteiger partial charge in [0.05, 0.1) is 6.61 Å². The lowest BCUT2D eigenvalue weighted by Crippen LogP contribution is -2.42. The summed E-state index contributed by atoms with van der Waals surface area (Å²) in [4.78, 5) is 11.7. The van der Waals surface area contributed by atoms with Crippen LogP contribution in [0.4, 0.5) is 4.79 Å². The van der Waals surface area contributed by atoms with Gasteiger partial charge in [0.2, 0.25) is 0 Å². The molecule has 0 aromatic heterocycles. The number of hydrogen-bond acceptors (Lipinski definition) is 3. The molecular formula is C16H33NO3. The summed E-state index contributed by atoms with van der Waals surface area (Å²) in [5.41, 5.74) is -0.721. The number of aliphatic hydroxyl groups excluding tert-OH is 1. The van der Waals surface area contributed by atoms with Gasteiger partial charge in [-0.2, -0.15) is 0 Å². The summed E-state index contributed by atoms with van der Waals surface area (Å²) < 4.78 is 5.23. The van der Waals surface area contributed by atoms with Gasteiger partial charge in [0.1, 0.15) is 5.60 Å². The minimum atomic E-state index is -0.490. The molecule has 4 heteroatoms. The van der Waals surface area contributed by atoms with E-state index < -0.39 is 11.7 Å². The summed E-state index contributed by atoms with van der Waals surface area (Å²) in [6.07, 6.45) is 3.58. The molecule has 20 heavy (non-hydrogen) atoms. The third-order valence-corrected chi connectivity index (χ3v) is 3.58. The summed E-state index contributed by atoms with van der Waals surface area (Å²) in [5.74, 6) is 0.669. The van der Waals surface area contributed by atoms with Crippen LogP contribution in [0.2, 0.25) is 0 Å². The average Bonchev–Trinajstić information content (AvgIpc) is 2.31. The van der Waals surface area contributed by atoms with Gasteiger partial charge in [0.15, 0.2) is 0 Å². The lowest BCUT2D eigenvalue weighted by Gasteiger charge is -2.31. The Bertz CT molecular complexity index is 278. The highest BCUT2D eigenvalue weighted by Crippen LogP contribution is 2.28. The van der Waals surface area contributed by atoms with E-state index in [-0.39, 0.29) is 12.0 Å². The molecule has 0 aromatic rings. The fourth-order valence-corrected chi connectivity index (χ4v) is 2.10. The molecule has 0 spiro atoms. The van der Waals surface area contributed by atoms with E-state index >= 15 is 0 Å². The molecule has 4 nitrogen and oxygen atoms in total. The summed E-state index contributed by atoms with van der Waals surface area (Å²) in [5, 5.41) is 12.5. The molecule has 0 aliphatic heterocycles. The normalized spacial score (nSPS) is 15.0. The van der Waals surface area contributed by atoms with Gasteiger partial charge in [-0.15, -0.1) is 0 Å². The number of amides is 1. The third-order valence-electron chi connectivity index (χ3n) is 3.58. The van der Waals surface area contributed by atoms with E-state index in [1.54, 1.807) is 0 Å². The first kappa shape index (κ1) is 19.2. The quantitative estimate of drug-likeness (QED) is 0.715. The molecule has 0 bridgehead atoms. The van der Waals surface area contributed by atoms with Crippen molar-refractivity contribution in [2.24, 2.45) is 11.3 Å². The molecule has 2 N–H and O–H groups in total. The molecule has 0 heterocycles. The van der Waals surface area contributed by atoms with Crippen molar-refractivity contribution in [2.45, 2.75) is 72.8 Å². The summed E-state index contributed by atoms with van der Waals surface area (Å²) in [6, 6.07) is 0.